The molecule has 3 atom stereocenters. The Hall–Kier alpha value is -0.740. The first kappa shape index (κ1) is 15.6. The molecule has 0 bridgehead atoms. The molecular weight excluding hydrogens is 287 g/mol. The van der Waals surface area contributed by atoms with E-state index in [9.17, 15) is 13.2 Å². The summed E-state index contributed by atoms with van der Waals surface area (Å²) in [5.41, 5.74) is 7.01. The van der Waals surface area contributed by atoms with Crippen LogP contribution >= 0.6 is 11.6 Å². The second-order valence-corrected chi connectivity index (χ2v) is 6.03. The summed E-state index contributed by atoms with van der Waals surface area (Å²) in [5, 5.41) is 0.619. The first-order valence-electron chi connectivity index (χ1n) is 6.94. The fourth-order valence-corrected chi connectivity index (χ4v) is 3.25. The van der Waals surface area contributed by atoms with Crippen LogP contribution in [0.1, 0.15) is 31.2 Å². The van der Waals surface area contributed by atoms with E-state index in [2.05, 4.69) is 0 Å². The minimum Gasteiger partial charge on any atom is -0.327 e. The molecule has 1 aliphatic rings. The lowest BCUT2D eigenvalue weighted by Crippen LogP contribution is -2.44. The summed E-state index contributed by atoms with van der Waals surface area (Å²) >= 11 is 5.80. The van der Waals surface area contributed by atoms with Gasteiger partial charge in [0.25, 0.3) is 0 Å². The molecule has 5 heteroatoms. The van der Waals surface area contributed by atoms with E-state index >= 15 is 0 Å². The largest absolute Gasteiger partial charge is 0.392 e. The lowest BCUT2D eigenvalue weighted by atomic mass is 9.73. The van der Waals surface area contributed by atoms with Crippen LogP contribution in [0.5, 0.6) is 0 Å². The summed E-state index contributed by atoms with van der Waals surface area (Å²) in [7, 11) is 0. The molecule has 0 amide bonds. The maximum atomic E-state index is 13.1. The number of nitrogens with two attached hydrogens (primary N) is 1. The van der Waals surface area contributed by atoms with E-state index in [-0.39, 0.29) is 6.42 Å². The van der Waals surface area contributed by atoms with Crippen molar-refractivity contribution in [2.24, 2.45) is 17.6 Å². The molecule has 0 radical (unpaired) electrons. The smallest absolute Gasteiger partial charge is 0.327 e. The third-order valence-electron chi connectivity index (χ3n) is 4.17. The molecule has 1 saturated carbocycles. The Labute approximate surface area is 122 Å². The van der Waals surface area contributed by atoms with Gasteiger partial charge < -0.3 is 5.73 Å². The molecule has 20 heavy (non-hydrogen) atoms. The number of hydrogen-bond acceptors (Lipinski definition) is 1. The van der Waals surface area contributed by atoms with Crippen molar-refractivity contribution in [3.8, 4) is 0 Å². The first-order valence-corrected chi connectivity index (χ1v) is 7.32. The van der Waals surface area contributed by atoms with Gasteiger partial charge in [0.15, 0.2) is 0 Å². The number of benzene rings is 1. The van der Waals surface area contributed by atoms with Crippen LogP contribution in [0, 0.1) is 11.8 Å². The van der Waals surface area contributed by atoms with Gasteiger partial charge in [0.2, 0.25) is 0 Å². The van der Waals surface area contributed by atoms with Crippen molar-refractivity contribution in [1.82, 2.24) is 0 Å². The van der Waals surface area contributed by atoms with Gasteiger partial charge in [-0.25, -0.2) is 0 Å². The summed E-state index contributed by atoms with van der Waals surface area (Å²) < 4.78 is 39.2. The average Bonchev–Trinajstić information content (AvgIpc) is 2.40. The van der Waals surface area contributed by atoms with Gasteiger partial charge in [-0.05, 0) is 42.9 Å². The molecular formula is C15H19ClF3N. The molecule has 3 unspecified atom stereocenters. The molecule has 1 nitrogen and oxygen atoms in total. The minimum absolute atomic E-state index is 0.211. The van der Waals surface area contributed by atoms with Gasteiger partial charge in [-0.15, -0.1) is 0 Å². The summed E-state index contributed by atoms with van der Waals surface area (Å²) in [6.07, 6.45) is -1.40. The predicted octanol–water partition coefficient (Wildman–Crippen LogP) is 4.58. The summed E-state index contributed by atoms with van der Waals surface area (Å²) in [5.74, 6) is -1.72. The maximum absolute atomic E-state index is 13.1. The Balaban J connectivity index is 2.06. The zero-order valence-corrected chi connectivity index (χ0v) is 11.9. The van der Waals surface area contributed by atoms with Crippen LogP contribution in [0.4, 0.5) is 13.2 Å². The molecule has 1 aliphatic carbocycles. The maximum Gasteiger partial charge on any atom is 0.392 e. The van der Waals surface area contributed by atoms with E-state index in [1.807, 2.05) is 12.1 Å². The van der Waals surface area contributed by atoms with Gasteiger partial charge in [0.1, 0.15) is 0 Å². The van der Waals surface area contributed by atoms with Gasteiger partial charge in [-0.3, -0.25) is 0 Å². The zero-order chi connectivity index (χ0) is 14.8. The SMILES string of the molecule is NC(Cc1ccc(Cl)cc1)C1CCCCC1C(F)(F)F. The number of hydrogen-bond donors (Lipinski definition) is 1. The fourth-order valence-electron chi connectivity index (χ4n) is 3.12. The van der Waals surface area contributed by atoms with Crippen molar-refractivity contribution < 1.29 is 13.2 Å². The highest BCUT2D eigenvalue weighted by Crippen LogP contribution is 2.42. The summed E-state index contributed by atoms with van der Waals surface area (Å²) in [6, 6.07) is 6.68. The highest BCUT2D eigenvalue weighted by Gasteiger charge is 2.47. The Morgan fingerprint density at radius 1 is 1.15 bits per heavy atom. The third-order valence-corrected chi connectivity index (χ3v) is 4.43. The first-order chi connectivity index (χ1) is 9.38. The molecule has 1 fully saturated rings. The van der Waals surface area contributed by atoms with Gasteiger partial charge in [-0.1, -0.05) is 36.6 Å². The molecule has 1 aromatic carbocycles. The van der Waals surface area contributed by atoms with E-state index in [0.717, 1.165) is 12.0 Å². The fraction of sp³-hybridized carbons (Fsp3) is 0.600. The van der Waals surface area contributed by atoms with E-state index in [4.69, 9.17) is 17.3 Å². The molecule has 0 aliphatic heterocycles. The van der Waals surface area contributed by atoms with Gasteiger partial charge in [0.05, 0.1) is 5.92 Å². The molecule has 112 valence electrons. The lowest BCUT2D eigenvalue weighted by molar-refractivity contribution is -0.198. The van der Waals surface area contributed by atoms with Crippen molar-refractivity contribution in [3.63, 3.8) is 0 Å². The van der Waals surface area contributed by atoms with E-state index < -0.39 is 24.1 Å². The molecule has 2 rings (SSSR count). The van der Waals surface area contributed by atoms with Crippen LogP contribution in [0.25, 0.3) is 0 Å². The third kappa shape index (κ3) is 3.89. The Bertz CT molecular complexity index is 430. The van der Waals surface area contributed by atoms with Gasteiger partial charge in [-0.2, -0.15) is 13.2 Å². The molecule has 0 heterocycles. The van der Waals surface area contributed by atoms with Crippen LogP contribution in [0.15, 0.2) is 24.3 Å². The van der Waals surface area contributed by atoms with Crippen LogP contribution in [-0.4, -0.2) is 12.2 Å². The molecule has 2 N–H and O–H groups in total. The van der Waals surface area contributed by atoms with Crippen molar-refractivity contribution >= 4 is 11.6 Å². The standard InChI is InChI=1S/C15H19ClF3N/c16-11-7-5-10(6-8-11)9-14(20)12-3-1-2-4-13(12)15(17,18)19/h5-8,12-14H,1-4,9,20H2. The number of alkyl halides is 3. The van der Waals surface area contributed by atoms with Crippen LogP contribution in [0.2, 0.25) is 5.02 Å². The highest BCUT2D eigenvalue weighted by atomic mass is 35.5. The summed E-state index contributed by atoms with van der Waals surface area (Å²) in [6.45, 7) is 0. The van der Waals surface area contributed by atoms with Gasteiger partial charge in [0, 0.05) is 11.1 Å². The quantitative estimate of drug-likeness (QED) is 0.869. The predicted molar refractivity (Wildman–Crippen MR) is 74.6 cm³/mol. The van der Waals surface area contributed by atoms with Crippen molar-refractivity contribution in [2.75, 3.05) is 0 Å². The van der Waals surface area contributed by atoms with E-state index in [1.54, 1.807) is 12.1 Å². The van der Waals surface area contributed by atoms with Crippen LogP contribution in [-0.2, 0) is 6.42 Å². The van der Waals surface area contributed by atoms with Crippen molar-refractivity contribution in [2.45, 2.75) is 44.3 Å². The second-order valence-electron chi connectivity index (χ2n) is 5.59. The number of halogens is 4. The highest BCUT2D eigenvalue weighted by molar-refractivity contribution is 6.30. The monoisotopic (exact) mass is 305 g/mol. The van der Waals surface area contributed by atoms with E-state index in [0.29, 0.717) is 24.3 Å². The molecule has 1 aromatic rings. The summed E-state index contributed by atoms with van der Waals surface area (Å²) in [4.78, 5) is 0. The molecule has 0 aromatic heterocycles. The van der Waals surface area contributed by atoms with Crippen molar-refractivity contribution in [1.29, 1.82) is 0 Å². The van der Waals surface area contributed by atoms with Crippen LogP contribution < -0.4 is 5.73 Å². The normalized spacial score (nSPS) is 25.4. The second kappa shape index (κ2) is 6.35. The topological polar surface area (TPSA) is 26.0 Å². The Morgan fingerprint density at radius 3 is 2.35 bits per heavy atom. The molecule has 0 spiro atoms. The lowest BCUT2D eigenvalue weighted by Gasteiger charge is -2.36. The van der Waals surface area contributed by atoms with Crippen molar-refractivity contribution in [3.05, 3.63) is 34.9 Å². The zero-order valence-electron chi connectivity index (χ0n) is 11.2. The van der Waals surface area contributed by atoms with E-state index in [1.165, 1.54) is 0 Å². The minimum atomic E-state index is -4.14. The number of rotatable bonds is 3. The molecule has 0 saturated heterocycles. The Kier molecular flexibility index (Phi) is 4.97. The average molecular weight is 306 g/mol. The Morgan fingerprint density at radius 2 is 1.75 bits per heavy atom. The van der Waals surface area contributed by atoms with Crippen LogP contribution in [0.3, 0.4) is 0 Å². The van der Waals surface area contributed by atoms with Gasteiger partial charge >= 0.3 is 6.18 Å².